The summed E-state index contributed by atoms with van der Waals surface area (Å²) in [5.41, 5.74) is 0.719. The first kappa shape index (κ1) is 12.7. The second kappa shape index (κ2) is 6.28. The molecular weight excluding hydrogens is 202 g/mol. The third-order valence-electron chi connectivity index (χ3n) is 2.25. The molecule has 3 heteroatoms. The van der Waals surface area contributed by atoms with E-state index in [0.29, 0.717) is 12.5 Å². The summed E-state index contributed by atoms with van der Waals surface area (Å²) >= 11 is 0. The van der Waals surface area contributed by atoms with Crippen molar-refractivity contribution in [3.05, 3.63) is 29.8 Å². The molecule has 1 aromatic carbocycles. The summed E-state index contributed by atoms with van der Waals surface area (Å²) in [7, 11) is 1.61. The maximum absolute atomic E-state index is 11.7. The molecule has 0 saturated heterocycles. The van der Waals surface area contributed by atoms with Gasteiger partial charge in [0.05, 0.1) is 13.7 Å². The van der Waals surface area contributed by atoms with E-state index in [4.69, 9.17) is 4.74 Å². The molecule has 0 radical (unpaired) electrons. The zero-order chi connectivity index (χ0) is 12.0. The average Bonchev–Trinajstić information content (AvgIpc) is 2.28. The van der Waals surface area contributed by atoms with E-state index in [1.54, 1.807) is 31.4 Å². The van der Waals surface area contributed by atoms with Crippen LogP contribution in [0.5, 0.6) is 5.75 Å². The largest absolute Gasteiger partial charge is 0.497 e. The van der Waals surface area contributed by atoms with Gasteiger partial charge in [-0.2, -0.15) is 0 Å². The van der Waals surface area contributed by atoms with Crippen molar-refractivity contribution in [1.29, 1.82) is 0 Å². The first-order valence-electron chi connectivity index (χ1n) is 5.51. The van der Waals surface area contributed by atoms with Crippen LogP contribution >= 0.6 is 0 Å². The van der Waals surface area contributed by atoms with Crippen molar-refractivity contribution >= 4 is 5.78 Å². The third-order valence-corrected chi connectivity index (χ3v) is 2.25. The number of nitrogens with one attached hydrogen (secondary N) is 1. The van der Waals surface area contributed by atoms with Crippen molar-refractivity contribution in [2.75, 3.05) is 20.2 Å². The van der Waals surface area contributed by atoms with Crippen molar-refractivity contribution in [3.8, 4) is 5.75 Å². The SMILES string of the molecule is COc1ccc(C(=O)CNCC(C)C)cc1. The fourth-order valence-electron chi connectivity index (χ4n) is 1.35. The molecular formula is C13H19NO2. The first-order valence-corrected chi connectivity index (χ1v) is 5.51. The number of benzene rings is 1. The van der Waals surface area contributed by atoms with Crippen LogP contribution in [0.3, 0.4) is 0 Å². The second-order valence-electron chi connectivity index (χ2n) is 4.18. The fourth-order valence-corrected chi connectivity index (χ4v) is 1.35. The van der Waals surface area contributed by atoms with Crippen LogP contribution in [0.4, 0.5) is 0 Å². The number of ether oxygens (including phenoxy) is 1. The first-order chi connectivity index (χ1) is 7.63. The van der Waals surface area contributed by atoms with Gasteiger partial charge in [-0.25, -0.2) is 0 Å². The highest BCUT2D eigenvalue weighted by Crippen LogP contribution is 2.11. The molecule has 0 amide bonds. The Balaban J connectivity index is 2.46. The lowest BCUT2D eigenvalue weighted by molar-refractivity contribution is 0.0990. The van der Waals surface area contributed by atoms with Gasteiger partial charge in [-0.3, -0.25) is 4.79 Å². The highest BCUT2D eigenvalue weighted by atomic mass is 16.5. The molecule has 0 bridgehead atoms. The monoisotopic (exact) mass is 221 g/mol. The number of carbonyl (C=O) groups is 1. The fraction of sp³-hybridized carbons (Fsp3) is 0.462. The Hall–Kier alpha value is -1.35. The van der Waals surface area contributed by atoms with E-state index in [1.165, 1.54) is 0 Å². The van der Waals surface area contributed by atoms with Gasteiger partial charge >= 0.3 is 0 Å². The minimum Gasteiger partial charge on any atom is -0.497 e. The number of methoxy groups -OCH3 is 1. The Morgan fingerprint density at radius 2 is 1.94 bits per heavy atom. The maximum Gasteiger partial charge on any atom is 0.176 e. The zero-order valence-corrected chi connectivity index (χ0v) is 10.1. The summed E-state index contributed by atoms with van der Waals surface area (Å²) in [5, 5.41) is 3.13. The number of hydrogen-bond acceptors (Lipinski definition) is 3. The molecule has 0 heterocycles. The van der Waals surface area contributed by atoms with Crippen LogP contribution in [0, 0.1) is 5.92 Å². The summed E-state index contributed by atoms with van der Waals surface area (Å²) in [6.45, 7) is 5.49. The smallest absolute Gasteiger partial charge is 0.176 e. The van der Waals surface area contributed by atoms with Crippen molar-refractivity contribution < 1.29 is 9.53 Å². The van der Waals surface area contributed by atoms with Gasteiger partial charge in [0.15, 0.2) is 5.78 Å². The van der Waals surface area contributed by atoms with Crippen LogP contribution in [0.25, 0.3) is 0 Å². The van der Waals surface area contributed by atoms with Crippen molar-refractivity contribution in [3.63, 3.8) is 0 Å². The molecule has 0 unspecified atom stereocenters. The van der Waals surface area contributed by atoms with Gasteiger partial charge < -0.3 is 10.1 Å². The number of carbonyl (C=O) groups excluding carboxylic acids is 1. The molecule has 0 atom stereocenters. The standard InChI is InChI=1S/C13H19NO2/c1-10(2)8-14-9-13(15)11-4-6-12(16-3)7-5-11/h4-7,10,14H,8-9H2,1-3H3. The van der Waals surface area contributed by atoms with Crippen LogP contribution in [0.1, 0.15) is 24.2 Å². The molecule has 0 aliphatic heterocycles. The van der Waals surface area contributed by atoms with Gasteiger partial charge in [-0.05, 0) is 36.7 Å². The topological polar surface area (TPSA) is 38.3 Å². The lowest BCUT2D eigenvalue weighted by Crippen LogP contribution is -2.26. The Morgan fingerprint density at radius 3 is 2.44 bits per heavy atom. The lowest BCUT2D eigenvalue weighted by atomic mass is 10.1. The van der Waals surface area contributed by atoms with Crippen LogP contribution in [0.2, 0.25) is 0 Å². The molecule has 0 aliphatic carbocycles. The minimum atomic E-state index is 0.114. The van der Waals surface area contributed by atoms with Crippen molar-refractivity contribution in [2.24, 2.45) is 5.92 Å². The lowest BCUT2D eigenvalue weighted by Gasteiger charge is -2.07. The summed E-state index contributed by atoms with van der Waals surface area (Å²) in [4.78, 5) is 11.7. The van der Waals surface area contributed by atoms with Crippen molar-refractivity contribution in [2.45, 2.75) is 13.8 Å². The minimum absolute atomic E-state index is 0.114. The van der Waals surface area contributed by atoms with E-state index in [0.717, 1.165) is 17.9 Å². The number of rotatable bonds is 6. The zero-order valence-electron chi connectivity index (χ0n) is 10.1. The third kappa shape index (κ3) is 4.03. The summed E-state index contributed by atoms with van der Waals surface area (Å²) in [6, 6.07) is 7.18. The quantitative estimate of drug-likeness (QED) is 0.748. The van der Waals surface area contributed by atoms with Gasteiger partial charge in [0, 0.05) is 5.56 Å². The average molecular weight is 221 g/mol. The number of ketones is 1. The molecule has 16 heavy (non-hydrogen) atoms. The molecule has 1 rings (SSSR count). The van der Waals surface area contributed by atoms with Crippen LogP contribution in [-0.4, -0.2) is 26.0 Å². The molecule has 88 valence electrons. The van der Waals surface area contributed by atoms with Gasteiger partial charge in [-0.1, -0.05) is 13.8 Å². The maximum atomic E-state index is 11.7. The van der Waals surface area contributed by atoms with Gasteiger partial charge in [-0.15, -0.1) is 0 Å². The molecule has 0 saturated carbocycles. The highest BCUT2D eigenvalue weighted by Gasteiger charge is 2.05. The Kier molecular flexibility index (Phi) is 4.99. The van der Waals surface area contributed by atoms with Crippen LogP contribution in [-0.2, 0) is 0 Å². The molecule has 0 aliphatic rings. The number of hydrogen-bond donors (Lipinski definition) is 1. The Labute approximate surface area is 96.8 Å². The molecule has 0 fully saturated rings. The molecule has 0 spiro atoms. The van der Waals surface area contributed by atoms with Gasteiger partial charge in [0.2, 0.25) is 0 Å². The highest BCUT2D eigenvalue weighted by molar-refractivity contribution is 5.97. The van der Waals surface area contributed by atoms with E-state index in [9.17, 15) is 4.79 Å². The molecule has 0 aromatic heterocycles. The summed E-state index contributed by atoms with van der Waals surface area (Å²) in [5.74, 6) is 1.44. The molecule has 3 nitrogen and oxygen atoms in total. The molecule has 1 aromatic rings. The van der Waals surface area contributed by atoms with E-state index in [2.05, 4.69) is 19.2 Å². The van der Waals surface area contributed by atoms with Crippen LogP contribution < -0.4 is 10.1 Å². The number of Topliss-reactive ketones (excluding diaryl/α,β-unsaturated/α-hetero) is 1. The second-order valence-corrected chi connectivity index (χ2v) is 4.18. The normalized spacial score (nSPS) is 10.5. The predicted octanol–water partition coefficient (Wildman–Crippen LogP) is 2.12. The Bertz CT molecular complexity index is 330. The van der Waals surface area contributed by atoms with E-state index in [1.807, 2.05) is 0 Å². The summed E-state index contributed by atoms with van der Waals surface area (Å²) < 4.78 is 5.03. The molecule has 1 N–H and O–H groups in total. The van der Waals surface area contributed by atoms with Gasteiger partial charge in [0.25, 0.3) is 0 Å². The van der Waals surface area contributed by atoms with E-state index < -0.39 is 0 Å². The van der Waals surface area contributed by atoms with E-state index >= 15 is 0 Å². The van der Waals surface area contributed by atoms with Crippen molar-refractivity contribution in [1.82, 2.24) is 5.32 Å². The predicted molar refractivity (Wildman–Crippen MR) is 65.0 cm³/mol. The van der Waals surface area contributed by atoms with Crippen LogP contribution in [0.15, 0.2) is 24.3 Å². The van der Waals surface area contributed by atoms with E-state index in [-0.39, 0.29) is 5.78 Å². The Morgan fingerprint density at radius 1 is 1.31 bits per heavy atom. The summed E-state index contributed by atoms with van der Waals surface area (Å²) in [6.07, 6.45) is 0. The van der Waals surface area contributed by atoms with Gasteiger partial charge in [0.1, 0.15) is 5.75 Å².